The van der Waals surface area contributed by atoms with Crippen LogP contribution in [-0.2, 0) is 6.54 Å². The first-order valence-corrected chi connectivity index (χ1v) is 7.78. The van der Waals surface area contributed by atoms with Gasteiger partial charge in [-0.15, -0.1) is 12.4 Å². The molecule has 0 aliphatic rings. The van der Waals surface area contributed by atoms with E-state index in [0.29, 0.717) is 22.3 Å². The number of nitrogens with zero attached hydrogens (tertiary/aromatic N) is 5. The maximum absolute atomic E-state index is 14.0. The highest BCUT2D eigenvalue weighted by Crippen LogP contribution is 2.28. The lowest BCUT2D eigenvalue weighted by molar-refractivity contribution is 0.589. The molecule has 10 heteroatoms. The number of pyridine rings is 1. The van der Waals surface area contributed by atoms with Crippen LogP contribution in [0.5, 0.6) is 0 Å². The van der Waals surface area contributed by atoms with Gasteiger partial charge in [0.15, 0.2) is 23.1 Å². The van der Waals surface area contributed by atoms with E-state index in [4.69, 9.17) is 17.2 Å². The minimum atomic E-state index is -0.314. The summed E-state index contributed by atoms with van der Waals surface area (Å²) in [6, 6.07) is 10.1. The first kappa shape index (κ1) is 18.3. The van der Waals surface area contributed by atoms with Gasteiger partial charge in [0.05, 0.1) is 11.9 Å². The summed E-state index contributed by atoms with van der Waals surface area (Å²) in [6.45, 7) is 0.208. The monoisotopic (exact) mass is 386 g/mol. The Hall–Kier alpha value is -3.46. The van der Waals surface area contributed by atoms with E-state index >= 15 is 0 Å². The predicted octanol–water partition coefficient (Wildman–Crippen LogP) is 2.24. The number of hydrogen-bond acceptors (Lipinski definition) is 7. The highest BCUT2D eigenvalue weighted by Gasteiger charge is 2.18. The molecular weight excluding hydrogens is 371 g/mol. The molecule has 6 N–H and O–H groups in total. The van der Waals surface area contributed by atoms with Crippen molar-refractivity contribution < 1.29 is 4.39 Å². The van der Waals surface area contributed by atoms with Crippen molar-refractivity contribution >= 4 is 40.8 Å². The Balaban J connectivity index is 0.00000210. The van der Waals surface area contributed by atoms with Gasteiger partial charge in [0.2, 0.25) is 0 Å². The molecule has 0 aliphatic carbocycles. The lowest BCUT2D eigenvalue weighted by Crippen LogP contribution is -2.07. The first-order chi connectivity index (χ1) is 12.5. The van der Waals surface area contributed by atoms with Gasteiger partial charge in [-0.3, -0.25) is 0 Å². The van der Waals surface area contributed by atoms with Crippen molar-refractivity contribution in [3.05, 3.63) is 54.0 Å². The van der Waals surface area contributed by atoms with Gasteiger partial charge in [0, 0.05) is 11.8 Å². The van der Waals surface area contributed by atoms with Crippen LogP contribution in [0.2, 0.25) is 0 Å². The van der Waals surface area contributed by atoms with Crippen molar-refractivity contribution in [3.8, 4) is 11.5 Å². The molecule has 0 fully saturated rings. The summed E-state index contributed by atoms with van der Waals surface area (Å²) in [5.74, 6) is 0.0757. The van der Waals surface area contributed by atoms with Crippen molar-refractivity contribution in [1.82, 2.24) is 24.7 Å². The highest BCUT2D eigenvalue weighted by atomic mass is 35.5. The molecular formula is C17H16ClFN8. The van der Waals surface area contributed by atoms with E-state index in [2.05, 4.69) is 20.1 Å². The molecule has 3 aromatic heterocycles. The smallest absolute Gasteiger partial charge is 0.184 e. The molecule has 0 bridgehead atoms. The number of halogens is 2. The molecule has 27 heavy (non-hydrogen) atoms. The second-order valence-electron chi connectivity index (χ2n) is 5.70. The molecule has 0 spiro atoms. The van der Waals surface area contributed by atoms with Crippen molar-refractivity contribution in [2.75, 3.05) is 17.2 Å². The summed E-state index contributed by atoms with van der Waals surface area (Å²) < 4.78 is 15.6. The summed E-state index contributed by atoms with van der Waals surface area (Å²) in [4.78, 5) is 12.7. The Morgan fingerprint density at radius 1 is 0.963 bits per heavy atom. The van der Waals surface area contributed by atoms with Gasteiger partial charge in [-0.05, 0) is 18.2 Å². The normalized spacial score (nSPS) is 10.7. The highest BCUT2D eigenvalue weighted by molar-refractivity contribution is 5.90. The fourth-order valence-corrected chi connectivity index (χ4v) is 2.68. The van der Waals surface area contributed by atoms with Gasteiger partial charge in [0.1, 0.15) is 17.2 Å². The van der Waals surface area contributed by atoms with Gasteiger partial charge < -0.3 is 17.2 Å². The number of anilines is 3. The standard InChI is InChI=1S/C17H15FN8.ClH/c18-11-6-2-1-4-9(11)8-26-17-10(5-3-7-22-17)13(25-26)16-23-14(20)12(19)15(21)24-16;/h1-7H,8,19H2,(H4,20,21,23,24);1H. The van der Waals surface area contributed by atoms with Crippen molar-refractivity contribution in [2.24, 2.45) is 0 Å². The summed E-state index contributed by atoms with van der Waals surface area (Å²) in [6.07, 6.45) is 1.64. The summed E-state index contributed by atoms with van der Waals surface area (Å²) >= 11 is 0. The second kappa shape index (κ2) is 7.04. The SMILES string of the molecule is Cl.Nc1nc(-c2nn(Cc3ccccc3F)c3ncccc23)nc(N)c1N. The van der Waals surface area contributed by atoms with E-state index in [1.54, 1.807) is 35.1 Å². The Labute approximate surface area is 159 Å². The van der Waals surface area contributed by atoms with Gasteiger partial charge >= 0.3 is 0 Å². The van der Waals surface area contributed by atoms with Crippen LogP contribution in [0.25, 0.3) is 22.6 Å². The lowest BCUT2D eigenvalue weighted by atomic mass is 10.2. The van der Waals surface area contributed by atoms with Gasteiger partial charge in [-0.2, -0.15) is 5.10 Å². The summed E-state index contributed by atoms with van der Waals surface area (Å²) in [5.41, 5.74) is 18.9. The molecule has 0 atom stereocenters. The van der Waals surface area contributed by atoms with Crippen LogP contribution >= 0.6 is 12.4 Å². The molecule has 8 nitrogen and oxygen atoms in total. The maximum Gasteiger partial charge on any atom is 0.184 e. The Morgan fingerprint density at radius 2 is 1.67 bits per heavy atom. The third kappa shape index (κ3) is 3.20. The van der Waals surface area contributed by atoms with Crippen molar-refractivity contribution in [2.45, 2.75) is 6.54 Å². The topological polar surface area (TPSA) is 135 Å². The van der Waals surface area contributed by atoms with Crippen LogP contribution in [0.15, 0.2) is 42.6 Å². The zero-order valence-electron chi connectivity index (χ0n) is 14.0. The lowest BCUT2D eigenvalue weighted by Gasteiger charge is -2.05. The maximum atomic E-state index is 14.0. The number of benzene rings is 1. The quantitative estimate of drug-likeness (QED) is 0.491. The molecule has 138 valence electrons. The molecule has 1 aromatic carbocycles. The Kier molecular flexibility index (Phi) is 4.78. The van der Waals surface area contributed by atoms with E-state index in [1.165, 1.54) is 6.07 Å². The van der Waals surface area contributed by atoms with Gasteiger partial charge in [0.25, 0.3) is 0 Å². The van der Waals surface area contributed by atoms with Gasteiger partial charge in [-0.1, -0.05) is 18.2 Å². The van der Waals surface area contributed by atoms with E-state index in [1.807, 2.05) is 6.07 Å². The molecule has 0 aliphatic heterocycles. The number of nitrogens with two attached hydrogens (primary N) is 3. The van der Waals surface area contributed by atoms with E-state index in [9.17, 15) is 4.39 Å². The summed E-state index contributed by atoms with van der Waals surface area (Å²) in [7, 11) is 0. The minimum Gasteiger partial charge on any atom is -0.393 e. The average molecular weight is 387 g/mol. The predicted molar refractivity (Wildman–Crippen MR) is 105 cm³/mol. The zero-order chi connectivity index (χ0) is 18.3. The number of fused-ring (bicyclic) bond motifs is 1. The van der Waals surface area contributed by atoms with Crippen LogP contribution < -0.4 is 17.2 Å². The summed E-state index contributed by atoms with van der Waals surface area (Å²) in [5, 5.41) is 5.22. The van der Waals surface area contributed by atoms with Crippen LogP contribution in [0, 0.1) is 5.82 Å². The van der Waals surface area contributed by atoms with Crippen LogP contribution in [0.3, 0.4) is 0 Å². The van der Waals surface area contributed by atoms with Crippen LogP contribution in [0.1, 0.15) is 5.56 Å². The Morgan fingerprint density at radius 3 is 2.37 bits per heavy atom. The third-order valence-corrected chi connectivity index (χ3v) is 4.00. The molecule has 0 unspecified atom stereocenters. The molecule has 0 saturated carbocycles. The molecule has 0 saturated heterocycles. The first-order valence-electron chi connectivity index (χ1n) is 7.78. The molecule has 4 aromatic rings. The fraction of sp³-hybridized carbons (Fsp3) is 0.0588. The molecule has 4 rings (SSSR count). The number of nitrogen functional groups attached to an aromatic ring is 3. The van der Waals surface area contributed by atoms with E-state index in [0.717, 1.165) is 0 Å². The van der Waals surface area contributed by atoms with Gasteiger partial charge in [-0.25, -0.2) is 24.0 Å². The number of hydrogen-bond donors (Lipinski definition) is 3. The largest absolute Gasteiger partial charge is 0.393 e. The number of rotatable bonds is 3. The van der Waals surface area contributed by atoms with E-state index < -0.39 is 0 Å². The van der Waals surface area contributed by atoms with Crippen molar-refractivity contribution in [1.29, 1.82) is 0 Å². The molecule has 0 radical (unpaired) electrons. The van der Waals surface area contributed by atoms with Crippen LogP contribution in [0.4, 0.5) is 21.7 Å². The van der Waals surface area contributed by atoms with Crippen LogP contribution in [-0.4, -0.2) is 24.7 Å². The fourth-order valence-electron chi connectivity index (χ4n) is 2.68. The average Bonchev–Trinajstić information content (AvgIpc) is 3.00. The van der Waals surface area contributed by atoms with Crippen molar-refractivity contribution in [3.63, 3.8) is 0 Å². The van der Waals surface area contributed by atoms with E-state index in [-0.39, 0.29) is 47.9 Å². The minimum absolute atomic E-state index is 0. The second-order valence-corrected chi connectivity index (χ2v) is 5.70. The Bertz CT molecular complexity index is 1100. The third-order valence-electron chi connectivity index (χ3n) is 4.00. The molecule has 3 heterocycles. The number of aromatic nitrogens is 5. The zero-order valence-corrected chi connectivity index (χ0v) is 14.8. The molecule has 0 amide bonds.